The molecule has 3 N–H and O–H groups in total. The standard InChI is InChI=1S/C24H23F3N4O2S/c1-15(28-2)20-13-19(10-11-29-20)33-18-7-4-16(5-8-18)14-30-23(32)31-21-12-17(24(25,26)27)6-9-22(21)34-3/h4-13,28H,1,14H2,2-3H3,(H2,30,31,32). The first kappa shape index (κ1) is 25.0. The van der Waals surface area contributed by atoms with Crippen LogP contribution in [-0.2, 0) is 12.7 Å². The summed E-state index contributed by atoms with van der Waals surface area (Å²) in [5.41, 5.74) is 1.39. The molecule has 0 aliphatic carbocycles. The van der Waals surface area contributed by atoms with E-state index in [1.54, 1.807) is 55.9 Å². The second-order valence-corrected chi connectivity index (χ2v) is 7.92. The van der Waals surface area contributed by atoms with Gasteiger partial charge < -0.3 is 20.7 Å². The molecule has 34 heavy (non-hydrogen) atoms. The molecule has 2 amide bonds. The summed E-state index contributed by atoms with van der Waals surface area (Å²) < 4.78 is 44.8. The van der Waals surface area contributed by atoms with E-state index in [-0.39, 0.29) is 12.2 Å². The van der Waals surface area contributed by atoms with E-state index in [1.807, 2.05) is 0 Å². The van der Waals surface area contributed by atoms with Crippen LogP contribution in [0.25, 0.3) is 5.70 Å². The minimum absolute atomic E-state index is 0.0984. The van der Waals surface area contributed by atoms with Gasteiger partial charge in [-0.15, -0.1) is 11.8 Å². The number of aromatic nitrogens is 1. The summed E-state index contributed by atoms with van der Waals surface area (Å²) in [6, 6.07) is 13.2. The Balaban J connectivity index is 1.59. The number of anilines is 1. The summed E-state index contributed by atoms with van der Waals surface area (Å²) in [7, 11) is 1.76. The van der Waals surface area contributed by atoms with Crippen LogP contribution in [0, 0.1) is 0 Å². The summed E-state index contributed by atoms with van der Waals surface area (Å²) in [5.74, 6) is 1.19. The highest BCUT2D eigenvalue weighted by Gasteiger charge is 2.31. The van der Waals surface area contributed by atoms with Crippen molar-refractivity contribution in [2.24, 2.45) is 0 Å². The zero-order chi connectivity index (χ0) is 24.7. The van der Waals surface area contributed by atoms with Gasteiger partial charge in [0.1, 0.15) is 11.5 Å². The Morgan fingerprint density at radius 2 is 1.82 bits per heavy atom. The number of alkyl halides is 3. The number of carbonyl (C=O) groups excluding carboxylic acids is 1. The molecule has 0 radical (unpaired) electrons. The van der Waals surface area contributed by atoms with E-state index in [4.69, 9.17) is 4.74 Å². The topological polar surface area (TPSA) is 75.3 Å². The van der Waals surface area contributed by atoms with Crippen LogP contribution in [0.3, 0.4) is 0 Å². The number of ether oxygens (including phenoxy) is 1. The molecule has 3 rings (SSSR count). The average molecular weight is 489 g/mol. The van der Waals surface area contributed by atoms with Crippen LogP contribution in [0.2, 0.25) is 0 Å². The molecule has 6 nitrogen and oxygen atoms in total. The lowest BCUT2D eigenvalue weighted by Crippen LogP contribution is -2.28. The van der Waals surface area contributed by atoms with Gasteiger partial charge in [-0.1, -0.05) is 18.7 Å². The van der Waals surface area contributed by atoms with Crippen molar-refractivity contribution in [3.05, 3.63) is 84.2 Å². The number of hydrogen-bond donors (Lipinski definition) is 3. The third-order valence-electron chi connectivity index (χ3n) is 4.73. The molecule has 178 valence electrons. The maximum absolute atomic E-state index is 13.0. The fourth-order valence-corrected chi connectivity index (χ4v) is 3.44. The molecule has 2 aromatic carbocycles. The molecule has 0 atom stereocenters. The molecule has 0 fully saturated rings. The van der Waals surface area contributed by atoms with Crippen molar-refractivity contribution in [3.8, 4) is 11.5 Å². The predicted molar refractivity (Wildman–Crippen MR) is 128 cm³/mol. The number of halogens is 3. The van der Waals surface area contributed by atoms with E-state index >= 15 is 0 Å². The van der Waals surface area contributed by atoms with Crippen molar-refractivity contribution in [3.63, 3.8) is 0 Å². The normalized spacial score (nSPS) is 11.0. The smallest absolute Gasteiger partial charge is 0.416 e. The van der Waals surface area contributed by atoms with Gasteiger partial charge in [0, 0.05) is 30.8 Å². The Kier molecular flexibility index (Phi) is 8.06. The molecule has 0 bridgehead atoms. The molecular weight excluding hydrogens is 465 g/mol. The molecule has 0 spiro atoms. The zero-order valence-electron chi connectivity index (χ0n) is 18.5. The first-order valence-corrected chi connectivity index (χ1v) is 11.3. The van der Waals surface area contributed by atoms with E-state index in [1.165, 1.54) is 17.8 Å². The molecule has 3 aromatic rings. The fraction of sp³-hybridized carbons (Fsp3) is 0.167. The highest BCUT2D eigenvalue weighted by molar-refractivity contribution is 7.98. The van der Waals surface area contributed by atoms with Gasteiger partial charge >= 0.3 is 12.2 Å². The third-order valence-corrected chi connectivity index (χ3v) is 5.53. The molecule has 1 heterocycles. The maximum Gasteiger partial charge on any atom is 0.416 e. The highest BCUT2D eigenvalue weighted by atomic mass is 32.2. The second-order valence-electron chi connectivity index (χ2n) is 7.07. The van der Waals surface area contributed by atoms with Gasteiger partial charge in [0.05, 0.1) is 22.6 Å². The number of urea groups is 1. The summed E-state index contributed by atoms with van der Waals surface area (Å²) in [6.45, 7) is 4.05. The number of rotatable bonds is 8. The van der Waals surface area contributed by atoms with Crippen LogP contribution >= 0.6 is 11.8 Å². The number of thioether (sulfide) groups is 1. The lowest BCUT2D eigenvalue weighted by molar-refractivity contribution is -0.137. The molecule has 0 unspecified atom stereocenters. The molecule has 0 aliphatic rings. The Morgan fingerprint density at radius 3 is 2.47 bits per heavy atom. The monoisotopic (exact) mass is 488 g/mol. The van der Waals surface area contributed by atoms with Crippen molar-refractivity contribution in [2.45, 2.75) is 17.6 Å². The van der Waals surface area contributed by atoms with Crippen molar-refractivity contribution in [1.29, 1.82) is 0 Å². The molecule has 0 aliphatic heterocycles. The van der Waals surface area contributed by atoms with Gasteiger partial charge in [-0.05, 0) is 48.2 Å². The second kappa shape index (κ2) is 11.0. The molecule has 1 aromatic heterocycles. The van der Waals surface area contributed by atoms with E-state index in [2.05, 4.69) is 27.5 Å². The van der Waals surface area contributed by atoms with Crippen LogP contribution < -0.4 is 20.7 Å². The Bertz CT molecular complexity index is 1170. The Labute approximate surface area is 199 Å². The summed E-state index contributed by atoms with van der Waals surface area (Å²) in [6.07, 6.45) is -1.15. The van der Waals surface area contributed by atoms with Gasteiger partial charge in [0.25, 0.3) is 0 Å². The molecular formula is C24H23F3N4O2S. The fourth-order valence-electron chi connectivity index (χ4n) is 2.91. The van der Waals surface area contributed by atoms with Crippen molar-refractivity contribution >= 4 is 29.2 Å². The number of nitrogens with one attached hydrogen (secondary N) is 3. The largest absolute Gasteiger partial charge is 0.457 e. The number of pyridine rings is 1. The molecule has 0 saturated carbocycles. The van der Waals surface area contributed by atoms with Gasteiger partial charge in [-0.2, -0.15) is 13.2 Å². The van der Waals surface area contributed by atoms with Gasteiger partial charge in [0.15, 0.2) is 0 Å². The number of nitrogens with zero attached hydrogens (tertiary/aromatic N) is 1. The quantitative estimate of drug-likeness (QED) is 0.333. The number of carbonyl (C=O) groups is 1. The van der Waals surface area contributed by atoms with E-state index in [0.29, 0.717) is 27.8 Å². The van der Waals surface area contributed by atoms with E-state index in [0.717, 1.165) is 17.7 Å². The Hall–Kier alpha value is -3.66. The van der Waals surface area contributed by atoms with E-state index in [9.17, 15) is 18.0 Å². The molecule has 0 saturated heterocycles. The SMILES string of the molecule is C=C(NC)c1cc(Oc2ccc(CNC(=O)Nc3cc(C(F)(F)F)ccc3SC)cc2)ccn1. The number of hydrogen-bond acceptors (Lipinski definition) is 5. The minimum atomic E-state index is -4.49. The first-order chi connectivity index (χ1) is 16.2. The van der Waals surface area contributed by atoms with E-state index < -0.39 is 17.8 Å². The van der Waals surface area contributed by atoms with Crippen LogP contribution in [-0.4, -0.2) is 24.3 Å². The first-order valence-electron chi connectivity index (χ1n) is 10.1. The average Bonchev–Trinajstić information content (AvgIpc) is 2.82. The summed E-state index contributed by atoms with van der Waals surface area (Å²) in [5, 5.41) is 8.07. The lowest BCUT2D eigenvalue weighted by Gasteiger charge is -2.14. The summed E-state index contributed by atoms with van der Waals surface area (Å²) in [4.78, 5) is 17.0. The number of amides is 2. The highest BCUT2D eigenvalue weighted by Crippen LogP contribution is 2.35. The van der Waals surface area contributed by atoms with Gasteiger partial charge in [0.2, 0.25) is 0 Å². The van der Waals surface area contributed by atoms with Crippen molar-refractivity contribution in [2.75, 3.05) is 18.6 Å². The van der Waals surface area contributed by atoms with Gasteiger partial charge in [-0.25, -0.2) is 4.79 Å². The summed E-state index contributed by atoms with van der Waals surface area (Å²) >= 11 is 1.24. The molecule has 10 heteroatoms. The van der Waals surface area contributed by atoms with Crippen LogP contribution in [0.15, 0.2) is 72.3 Å². The third kappa shape index (κ3) is 6.67. The van der Waals surface area contributed by atoms with Crippen molar-refractivity contribution < 1.29 is 22.7 Å². The lowest BCUT2D eigenvalue weighted by atomic mass is 10.2. The Morgan fingerprint density at radius 1 is 1.09 bits per heavy atom. The van der Waals surface area contributed by atoms with Crippen LogP contribution in [0.5, 0.6) is 11.5 Å². The van der Waals surface area contributed by atoms with Crippen LogP contribution in [0.1, 0.15) is 16.8 Å². The van der Waals surface area contributed by atoms with Gasteiger partial charge in [-0.3, -0.25) is 4.98 Å². The van der Waals surface area contributed by atoms with Crippen LogP contribution in [0.4, 0.5) is 23.7 Å². The maximum atomic E-state index is 13.0. The minimum Gasteiger partial charge on any atom is -0.457 e. The zero-order valence-corrected chi connectivity index (χ0v) is 19.3. The predicted octanol–water partition coefficient (Wildman–Crippen LogP) is 6.13. The van der Waals surface area contributed by atoms with Crippen molar-refractivity contribution in [1.82, 2.24) is 15.6 Å². The number of benzene rings is 2.